The number of nitrogens with zero attached hydrogens (tertiary/aromatic N) is 1. The number of fused-ring (bicyclic) bond motifs is 1. The SMILES string of the molecule is O=C(O)[C@@H]1CN(C(=O)C2SCCc3sccc32)C[C@H]1C(F)(F)F. The summed E-state index contributed by atoms with van der Waals surface area (Å²) in [6.45, 7) is -0.954. The fourth-order valence-electron chi connectivity index (χ4n) is 3.08. The molecule has 0 radical (unpaired) electrons. The molecule has 1 aromatic rings. The van der Waals surface area contributed by atoms with Crippen molar-refractivity contribution in [1.29, 1.82) is 0 Å². The molecule has 3 heterocycles. The molecule has 0 spiro atoms. The average Bonchev–Trinajstić information content (AvgIpc) is 3.12. The van der Waals surface area contributed by atoms with E-state index in [1.54, 1.807) is 11.3 Å². The molecule has 2 aliphatic rings. The van der Waals surface area contributed by atoms with Crippen LogP contribution < -0.4 is 0 Å². The van der Waals surface area contributed by atoms with Gasteiger partial charge < -0.3 is 10.0 Å². The van der Waals surface area contributed by atoms with Gasteiger partial charge in [0.05, 0.1) is 11.8 Å². The summed E-state index contributed by atoms with van der Waals surface area (Å²) >= 11 is 2.95. The van der Waals surface area contributed by atoms with Crippen molar-refractivity contribution in [3.8, 4) is 0 Å². The highest BCUT2D eigenvalue weighted by atomic mass is 32.2. The number of aliphatic carboxylic acids is 1. The Hall–Kier alpha value is -1.22. The number of thioether (sulfide) groups is 1. The third kappa shape index (κ3) is 3.08. The Morgan fingerprint density at radius 1 is 1.30 bits per heavy atom. The van der Waals surface area contributed by atoms with Gasteiger partial charge >= 0.3 is 12.1 Å². The second kappa shape index (κ2) is 6.01. The van der Waals surface area contributed by atoms with E-state index in [4.69, 9.17) is 5.11 Å². The zero-order chi connectivity index (χ0) is 16.8. The smallest absolute Gasteiger partial charge is 0.394 e. The number of carboxylic acids is 1. The molecule has 1 saturated heterocycles. The number of amides is 1. The molecule has 0 aliphatic carbocycles. The number of aryl methyl sites for hydroxylation is 1. The highest BCUT2D eigenvalue weighted by Gasteiger charge is 2.54. The summed E-state index contributed by atoms with van der Waals surface area (Å²) in [5.41, 5.74) is 0.860. The van der Waals surface area contributed by atoms with E-state index >= 15 is 0 Å². The largest absolute Gasteiger partial charge is 0.481 e. The van der Waals surface area contributed by atoms with Gasteiger partial charge in [0.15, 0.2) is 0 Å². The zero-order valence-corrected chi connectivity index (χ0v) is 13.5. The van der Waals surface area contributed by atoms with Crippen LogP contribution in [0.2, 0.25) is 0 Å². The van der Waals surface area contributed by atoms with E-state index in [-0.39, 0.29) is 6.54 Å². The monoisotopic (exact) mass is 365 g/mol. The van der Waals surface area contributed by atoms with Crippen LogP contribution in [0.1, 0.15) is 15.7 Å². The van der Waals surface area contributed by atoms with Crippen LogP contribution in [0, 0.1) is 11.8 Å². The maximum Gasteiger partial charge on any atom is 0.394 e. The van der Waals surface area contributed by atoms with Gasteiger partial charge in [-0.15, -0.1) is 23.1 Å². The Bertz CT molecular complexity index is 631. The number of carbonyl (C=O) groups excluding carboxylic acids is 1. The summed E-state index contributed by atoms with van der Waals surface area (Å²) in [6.07, 6.45) is -3.77. The topological polar surface area (TPSA) is 57.6 Å². The van der Waals surface area contributed by atoms with Crippen molar-refractivity contribution in [2.24, 2.45) is 11.8 Å². The molecule has 1 aromatic heterocycles. The Morgan fingerprint density at radius 2 is 2.04 bits per heavy atom. The van der Waals surface area contributed by atoms with Gasteiger partial charge in [-0.2, -0.15) is 13.2 Å². The van der Waals surface area contributed by atoms with Gasteiger partial charge in [-0.3, -0.25) is 9.59 Å². The number of rotatable bonds is 2. The first kappa shape index (κ1) is 16.6. The predicted octanol–water partition coefficient (Wildman–Crippen LogP) is 2.80. The van der Waals surface area contributed by atoms with Crippen LogP contribution in [0.4, 0.5) is 13.2 Å². The van der Waals surface area contributed by atoms with E-state index in [9.17, 15) is 22.8 Å². The van der Waals surface area contributed by atoms with Crippen LogP contribution in [0.15, 0.2) is 11.4 Å². The molecule has 0 bridgehead atoms. The van der Waals surface area contributed by atoms with Crippen LogP contribution in [0.3, 0.4) is 0 Å². The molecular formula is C14H14F3NO3S2. The lowest BCUT2D eigenvalue weighted by atomic mass is 9.96. The van der Waals surface area contributed by atoms with Crippen molar-refractivity contribution in [2.45, 2.75) is 17.8 Å². The molecule has 0 aromatic carbocycles. The Balaban J connectivity index is 1.81. The standard InChI is InChI=1S/C14H14F3NO3S2/c15-14(16,17)9-6-18(5-8(9)13(20)21)12(19)11-7-1-3-22-10(7)2-4-23-11/h1,3,8-9,11H,2,4-6H2,(H,20,21)/t8-,9-,11?/m1/s1. The molecule has 3 atom stereocenters. The lowest BCUT2D eigenvalue weighted by Crippen LogP contribution is -2.35. The predicted molar refractivity (Wildman–Crippen MR) is 80.5 cm³/mol. The second-order valence-electron chi connectivity index (χ2n) is 5.64. The summed E-state index contributed by atoms with van der Waals surface area (Å²) in [6, 6.07) is 1.83. The van der Waals surface area contributed by atoms with Gasteiger partial charge in [0.2, 0.25) is 5.91 Å². The van der Waals surface area contributed by atoms with Crippen molar-refractivity contribution >= 4 is 35.0 Å². The number of likely N-dealkylation sites (tertiary alicyclic amines) is 1. The van der Waals surface area contributed by atoms with Crippen molar-refractivity contribution in [3.63, 3.8) is 0 Å². The molecule has 1 amide bonds. The summed E-state index contributed by atoms with van der Waals surface area (Å²) < 4.78 is 39.1. The molecular weight excluding hydrogens is 351 g/mol. The van der Waals surface area contributed by atoms with Crippen LogP contribution in [-0.2, 0) is 16.0 Å². The van der Waals surface area contributed by atoms with E-state index in [1.165, 1.54) is 11.8 Å². The van der Waals surface area contributed by atoms with E-state index in [2.05, 4.69) is 0 Å². The minimum absolute atomic E-state index is 0.380. The third-order valence-corrected chi connectivity index (χ3v) is 6.49. The fourth-order valence-corrected chi connectivity index (χ4v) is 5.46. The maximum atomic E-state index is 13.0. The van der Waals surface area contributed by atoms with Crippen molar-refractivity contribution in [1.82, 2.24) is 4.90 Å². The third-order valence-electron chi connectivity index (χ3n) is 4.27. The Kier molecular flexibility index (Phi) is 4.35. The molecule has 23 heavy (non-hydrogen) atoms. The van der Waals surface area contributed by atoms with Crippen LogP contribution in [0.5, 0.6) is 0 Å². The summed E-state index contributed by atoms with van der Waals surface area (Å²) in [5.74, 6) is -4.76. The van der Waals surface area contributed by atoms with Crippen molar-refractivity contribution in [3.05, 3.63) is 21.9 Å². The van der Waals surface area contributed by atoms with Gasteiger partial charge in [0.1, 0.15) is 5.25 Å². The van der Waals surface area contributed by atoms with E-state index in [0.29, 0.717) is 0 Å². The maximum absolute atomic E-state index is 13.0. The van der Waals surface area contributed by atoms with E-state index in [0.717, 1.165) is 27.5 Å². The molecule has 1 unspecified atom stereocenters. The number of hydrogen-bond donors (Lipinski definition) is 1. The first-order valence-corrected chi connectivity index (χ1v) is 8.98. The molecule has 0 saturated carbocycles. The summed E-state index contributed by atoms with van der Waals surface area (Å²) in [4.78, 5) is 25.9. The minimum atomic E-state index is -4.62. The van der Waals surface area contributed by atoms with Gasteiger partial charge in [-0.05, 0) is 29.2 Å². The Morgan fingerprint density at radius 3 is 2.65 bits per heavy atom. The first-order chi connectivity index (χ1) is 10.8. The lowest BCUT2D eigenvalue weighted by molar-refractivity contribution is -0.188. The normalized spacial score (nSPS) is 27.8. The lowest BCUT2D eigenvalue weighted by Gasteiger charge is -2.26. The molecule has 4 nitrogen and oxygen atoms in total. The molecule has 126 valence electrons. The zero-order valence-electron chi connectivity index (χ0n) is 11.9. The number of alkyl halides is 3. The highest BCUT2D eigenvalue weighted by Crippen LogP contribution is 2.43. The van der Waals surface area contributed by atoms with Crippen molar-refractivity contribution in [2.75, 3.05) is 18.8 Å². The van der Waals surface area contributed by atoms with Gasteiger partial charge in [0, 0.05) is 18.0 Å². The van der Waals surface area contributed by atoms with Crippen LogP contribution in [-0.4, -0.2) is 46.9 Å². The molecule has 2 aliphatic heterocycles. The van der Waals surface area contributed by atoms with Crippen LogP contribution >= 0.6 is 23.1 Å². The van der Waals surface area contributed by atoms with Crippen molar-refractivity contribution < 1.29 is 27.9 Å². The number of halogens is 3. The number of carbonyl (C=O) groups is 2. The van der Waals surface area contributed by atoms with E-state index < -0.39 is 41.7 Å². The summed E-state index contributed by atoms with van der Waals surface area (Å²) in [7, 11) is 0. The Labute approximate surface area is 138 Å². The average molecular weight is 365 g/mol. The minimum Gasteiger partial charge on any atom is -0.481 e. The van der Waals surface area contributed by atoms with Gasteiger partial charge in [-0.25, -0.2) is 0 Å². The quantitative estimate of drug-likeness (QED) is 0.876. The fraction of sp³-hybridized carbons (Fsp3) is 0.571. The number of hydrogen-bond acceptors (Lipinski definition) is 4. The second-order valence-corrected chi connectivity index (χ2v) is 7.85. The van der Waals surface area contributed by atoms with Gasteiger partial charge in [0.25, 0.3) is 0 Å². The molecule has 3 rings (SSSR count). The van der Waals surface area contributed by atoms with Crippen LogP contribution in [0.25, 0.3) is 0 Å². The molecule has 1 N–H and O–H groups in total. The molecule has 1 fully saturated rings. The van der Waals surface area contributed by atoms with E-state index in [1.807, 2.05) is 11.4 Å². The molecule has 9 heteroatoms. The number of thiophene rings is 1. The first-order valence-electron chi connectivity index (χ1n) is 7.05. The summed E-state index contributed by atoms with van der Waals surface area (Å²) in [5, 5.41) is 10.4. The van der Waals surface area contributed by atoms with Gasteiger partial charge in [-0.1, -0.05) is 0 Å². The number of carboxylic acid groups (broad SMARTS) is 1. The highest BCUT2D eigenvalue weighted by molar-refractivity contribution is 8.00.